The van der Waals surface area contributed by atoms with Crippen molar-refractivity contribution in [3.05, 3.63) is 82.3 Å². The smallest absolute Gasteiger partial charge is 0.319 e. The van der Waals surface area contributed by atoms with Gasteiger partial charge in [-0.05, 0) is 94.7 Å². The summed E-state index contributed by atoms with van der Waals surface area (Å²) >= 11 is 0. The molecule has 2 fully saturated rings. The molecule has 2 aliphatic rings. The maximum absolute atomic E-state index is 14.0. The monoisotopic (exact) mass is 651 g/mol. The van der Waals surface area contributed by atoms with Crippen LogP contribution in [0.25, 0.3) is 22.3 Å². The highest BCUT2D eigenvalue weighted by atomic mass is 16.2. The van der Waals surface area contributed by atoms with Crippen LogP contribution < -0.4 is 26.7 Å². The van der Waals surface area contributed by atoms with E-state index >= 15 is 0 Å². The summed E-state index contributed by atoms with van der Waals surface area (Å²) in [6.45, 7) is 9.83. The van der Waals surface area contributed by atoms with Crippen LogP contribution in [-0.2, 0) is 13.1 Å². The van der Waals surface area contributed by atoms with Gasteiger partial charge in [0.15, 0.2) is 0 Å². The Morgan fingerprint density at radius 1 is 0.854 bits per heavy atom. The predicted molar refractivity (Wildman–Crippen MR) is 189 cm³/mol. The Balaban J connectivity index is 1.23. The number of carbonyl (C=O) groups is 2. The van der Waals surface area contributed by atoms with Crippen LogP contribution in [0.2, 0.25) is 0 Å². The van der Waals surface area contributed by atoms with E-state index < -0.39 is 0 Å². The summed E-state index contributed by atoms with van der Waals surface area (Å²) in [6.07, 6.45) is 8.17. The Morgan fingerprint density at radius 3 is 2.23 bits per heavy atom. The van der Waals surface area contributed by atoms with Crippen LogP contribution >= 0.6 is 0 Å². The van der Waals surface area contributed by atoms with Crippen molar-refractivity contribution in [2.24, 2.45) is 0 Å². The molecule has 1 aromatic carbocycles. The third-order valence-corrected chi connectivity index (χ3v) is 9.10. The minimum Gasteiger partial charge on any atom is -0.369 e. The van der Waals surface area contributed by atoms with Crippen molar-refractivity contribution in [3.8, 4) is 11.3 Å². The summed E-state index contributed by atoms with van der Waals surface area (Å²) in [7, 11) is 0. The minimum absolute atomic E-state index is 0.138. The first-order valence-electron chi connectivity index (χ1n) is 17.1. The van der Waals surface area contributed by atoms with E-state index in [0.29, 0.717) is 54.4 Å². The van der Waals surface area contributed by atoms with Crippen molar-refractivity contribution in [2.75, 3.05) is 63.0 Å². The quantitative estimate of drug-likeness (QED) is 0.170. The first kappa shape index (κ1) is 33.1. The minimum atomic E-state index is -0.358. The largest absolute Gasteiger partial charge is 0.369 e. The number of amides is 3. The average Bonchev–Trinajstić information content (AvgIpc) is 3.83. The summed E-state index contributed by atoms with van der Waals surface area (Å²) in [4.78, 5) is 53.9. The Labute approximate surface area is 280 Å². The first-order chi connectivity index (χ1) is 23.5. The standard InChI is InChI=1S/C36H45N9O3/c1-2-45-33-29(13-14-30(42-33)27-9-11-28(12-10-27)41-36(48)40-25-26-8-7-15-37-24-26)32(46)31(34(45)38-16-22-43-18-3-4-19-43)35(47)39-17-23-44-20-5-6-21-44/h7-15,24,38H,2-6,16-23,25H2,1H3,(H,39,47)(H2,40,41,48). The number of carbonyl (C=O) groups excluding carboxylic acids is 2. The van der Waals surface area contributed by atoms with Gasteiger partial charge in [0.2, 0.25) is 5.43 Å². The zero-order chi connectivity index (χ0) is 33.3. The van der Waals surface area contributed by atoms with Crippen LogP contribution in [0.3, 0.4) is 0 Å². The summed E-state index contributed by atoms with van der Waals surface area (Å²) in [6, 6.07) is 14.4. The van der Waals surface area contributed by atoms with E-state index in [4.69, 9.17) is 4.98 Å². The second kappa shape index (κ2) is 15.9. The van der Waals surface area contributed by atoms with Crippen LogP contribution in [0, 0.1) is 0 Å². The molecule has 5 heterocycles. The molecule has 252 valence electrons. The number of fused-ring (bicyclic) bond motifs is 1. The molecule has 0 unspecified atom stereocenters. The molecular weight excluding hydrogens is 606 g/mol. The molecule has 2 aliphatic heterocycles. The highest BCUT2D eigenvalue weighted by molar-refractivity contribution is 6.02. The van der Waals surface area contributed by atoms with Gasteiger partial charge in [0, 0.05) is 62.9 Å². The predicted octanol–water partition coefficient (Wildman–Crippen LogP) is 4.13. The van der Waals surface area contributed by atoms with E-state index in [9.17, 15) is 14.4 Å². The number of pyridine rings is 3. The van der Waals surface area contributed by atoms with E-state index in [0.717, 1.165) is 50.4 Å². The molecule has 4 aromatic rings. The molecule has 0 atom stereocenters. The lowest BCUT2D eigenvalue weighted by atomic mass is 10.1. The molecule has 0 aliphatic carbocycles. The van der Waals surface area contributed by atoms with Crippen molar-refractivity contribution >= 4 is 34.5 Å². The fraction of sp³-hybridized carbons (Fsp3) is 0.417. The molecule has 48 heavy (non-hydrogen) atoms. The third-order valence-electron chi connectivity index (χ3n) is 9.10. The number of anilines is 2. The molecule has 0 radical (unpaired) electrons. The summed E-state index contributed by atoms with van der Waals surface area (Å²) < 4.78 is 1.95. The maximum Gasteiger partial charge on any atom is 0.319 e. The van der Waals surface area contributed by atoms with Gasteiger partial charge in [-0.2, -0.15) is 0 Å². The number of aromatic nitrogens is 3. The van der Waals surface area contributed by atoms with Crippen LogP contribution in [0.5, 0.6) is 0 Å². The lowest BCUT2D eigenvalue weighted by Crippen LogP contribution is -2.37. The Morgan fingerprint density at radius 2 is 1.56 bits per heavy atom. The number of hydrogen-bond acceptors (Lipinski definition) is 8. The topological polar surface area (TPSA) is 137 Å². The number of benzene rings is 1. The molecule has 3 aromatic heterocycles. The number of aryl methyl sites for hydroxylation is 1. The number of likely N-dealkylation sites (tertiary alicyclic amines) is 2. The summed E-state index contributed by atoms with van der Waals surface area (Å²) in [5.41, 5.74) is 3.40. The molecule has 3 amide bonds. The van der Waals surface area contributed by atoms with Crippen molar-refractivity contribution in [3.63, 3.8) is 0 Å². The highest BCUT2D eigenvalue weighted by Crippen LogP contribution is 2.25. The number of nitrogens with one attached hydrogen (secondary N) is 4. The van der Waals surface area contributed by atoms with Gasteiger partial charge >= 0.3 is 6.03 Å². The fourth-order valence-corrected chi connectivity index (χ4v) is 6.52. The van der Waals surface area contributed by atoms with E-state index in [1.54, 1.807) is 18.5 Å². The van der Waals surface area contributed by atoms with Crippen molar-refractivity contribution in [1.82, 2.24) is 35.0 Å². The van der Waals surface area contributed by atoms with E-state index in [-0.39, 0.29) is 22.9 Å². The van der Waals surface area contributed by atoms with Crippen molar-refractivity contribution in [1.29, 1.82) is 0 Å². The maximum atomic E-state index is 14.0. The van der Waals surface area contributed by atoms with Crippen molar-refractivity contribution in [2.45, 2.75) is 45.7 Å². The average molecular weight is 652 g/mol. The Kier molecular flexibility index (Phi) is 10.9. The molecule has 0 saturated carbocycles. The summed E-state index contributed by atoms with van der Waals surface area (Å²) in [5.74, 6) is 0.151. The number of urea groups is 1. The van der Waals surface area contributed by atoms with Gasteiger partial charge in [0.25, 0.3) is 5.91 Å². The first-order valence-corrected chi connectivity index (χ1v) is 17.1. The van der Waals surface area contributed by atoms with Gasteiger partial charge in [-0.25, -0.2) is 9.78 Å². The number of nitrogens with zero attached hydrogens (tertiary/aromatic N) is 5. The van der Waals surface area contributed by atoms with Crippen LogP contribution in [0.15, 0.2) is 65.7 Å². The van der Waals surface area contributed by atoms with E-state index in [1.807, 2.05) is 54.0 Å². The van der Waals surface area contributed by atoms with Gasteiger partial charge < -0.3 is 35.6 Å². The third kappa shape index (κ3) is 8.00. The second-order valence-corrected chi connectivity index (χ2v) is 12.4. The normalized spacial score (nSPS) is 15.1. The Bertz CT molecular complexity index is 1760. The molecule has 6 rings (SSSR count). The van der Waals surface area contributed by atoms with Crippen LogP contribution in [0.4, 0.5) is 16.3 Å². The van der Waals surface area contributed by atoms with Crippen LogP contribution in [-0.4, -0.2) is 88.6 Å². The second-order valence-electron chi connectivity index (χ2n) is 12.4. The molecule has 2 saturated heterocycles. The lowest BCUT2D eigenvalue weighted by Gasteiger charge is -2.22. The molecule has 12 nitrogen and oxygen atoms in total. The molecular formula is C36H45N9O3. The molecule has 0 bridgehead atoms. The zero-order valence-electron chi connectivity index (χ0n) is 27.6. The zero-order valence-corrected chi connectivity index (χ0v) is 27.6. The summed E-state index contributed by atoms with van der Waals surface area (Å²) in [5, 5.41) is 12.6. The van der Waals surface area contributed by atoms with Gasteiger partial charge in [-0.15, -0.1) is 0 Å². The SMILES string of the molecule is CCn1c(NCCN2CCCC2)c(C(=O)NCCN2CCCC2)c(=O)c2ccc(-c3ccc(NC(=O)NCc4cccnc4)cc3)nc21. The van der Waals surface area contributed by atoms with Crippen molar-refractivity contribution < 1.29 is 9.59 Å². The number of rotatable bonds is 13. The Hall–Kier alpha value is -4.81. The van der Waals surface area contributed by atoms with E-state index in [2.05, 4.69) is 36.1 Å². The van der Waals surface area contributed by atoms with Gasteiger partial charge in [0.1, 0.15) is 17.0 Å². The van der Waals surface area contributed by atoms with E-state index in [1.165, 1.54) is 25.7 Å². The number of hydrogen-bond donors (Lipinski definition) is 4. The lowest BCUT2D eigenvalue weighted by molar-refractivity contribution is 0.0949. The molecule has 12 heteroatoms. The van der Waals surface area contributed by atoms with Gasteiger partial charge in [-0.3, -0.25) is 14.6 Å². The highest BCUT2D eigenvalue weighted by Gasteiger charge is 2.24. The van der Waals surface area contributed by atoms with Gasteiger partial charge in [0.05, 0.1) is 11.1 Å². The van der Waals surface area contributed by atoms with Crippen LogP contribution in [0.1, 0.15) is 48.5 Å². The van der Waals surface area contributed by atoms with Gasteiger partial charge in [-0.1, -0.05) is 18.2 Å². The molecule has 4 N–H and O–H groups in total. The fourth-order valence-electron chi connectivity index (χ4n) is 6.52. The molecule has 0 spiro atoms.